The highest BCUT2D eigenvalue weighted by Gasteiger charge is 2.09. The molecule has 0 spiro atoms. The van der Waals surface area contributed by atoms with Crippen molar-refractivity contribution in [3.8, 4) is 0 Å². The van der Waals surface area contributed by atoms with Crippen LogP contribution < -0.4 is 11.1 Å². The van der Waals surface area contributed by atoms with Gasteiger partial charge in [0.1, 0.15) is 0 Å². The number of carbonyl (C=O) groups is 2. The van der Waals surface area contributed by atoms with E-state index < -0.39 is 5.97 Å². The lowest BCUT2D eigenvalue weighted by molar-refractivity contribution is -0.121. The van der Waals surface area contributed by atoms with Crippen molar-refractivity contribution in [2.75, 3.05) is 6.54 Å². The summed E-state index contributed by atoms with van der Waals surface area (Å²) in [5.41, 5.74) is 5.64. The number of amides is 1. The molecule has 1 rings (SSSR count). The fraction of sp³-hybridized carbons (Fsp3) is 0.636. The van der Waals surface area contributed by atoms with Gasteiger partial charge in [-0.15, -0.1) is 5.10 Å². The smallest absolute Gasteiger partial charge is 0.358 e. The molecular formula is C11H19N5O3. The zero-order chi connectivity index (χ0) is 14.3. The molecule has 1 aromatic rings. The van der Waals surface area contributed by atoms with Gasteiger partial charge < -0.3 is 16.2 Å². The van der Waals surface area contributed by atoms with Gasteiger partial charge in [-0.3, -0.25) is 4.79 Å². The summed E-state index contributed by atoms with van der Waals surface area (Å²) in [5.74, 6) is -1.24. The Bertz CT molecular complexity index is 432. The second-order valence-corrected chi connectivity index (χ2v) is 4.27. The maximum absolute atomic E-state index is 11.5. The topological polar surface area (TPSA) is 123 Å². The molecule has 1 unspecified atom stereocenters. The Balaban J connectivity index is 2.25. The van der Waals surface area contributed by atoms with Gasteiger partial charge in [0.25, 0.3) is 0 Å². The average molecular weight is 269 g/mol. The lowest BCUT2D eigenvalue weighted by atomic mass is 10.1. The first-order chi connectivity index (χ1) is 9.02. The number of carbonyl (C=O) groups excluding carboxylic acids is 1. The average Bonchev–Trinajstić information content (AvgIpc) is 2.78. The Hall–Kier alpha value is -1.96. The van der Waals surface area contributed by atoms with E-state index in [1.54, 1.807) is 0 Å². The zero-order valence-corrected chi connectivity index (χ0v) is 10.9. The molecule has 106 valence electrons. The van der Waals surface area contributed by atoms with Gasteiger partial charge in [-0.1, -0.05) is 18.6 Å². The minimum absolute atomic E-state index is 0.112. The summed E-state index contributed by atoms with van der Waals surface area (Å²) in [4.78, 5) is 22.1. The highest BCUT2D eigenvalue weighted by Crippen LogP contribution is 1.98. The molecule has 19 heavy (non-hydrogen) atoms. The minimum Gasteiger partial charge on any atom is -0.476 e. The third kappa shape index (κ3) is 5.47. The van der Waals surface area contributed by atoms with Crippen LogP contribution in [0, 0.1) is 0 Å². The number of aromatic carboxylic acids is 1. The predicted molar refractivity (Wildman–Crippen MR) is 67.5 cm³/mol. The molecule has 0 aromatic carbocycles. The zero-order valence-electron chi connectivity index (χ0n) is 10.9. The molecule has 8 heteroatoms. The lowest BCUT2D eigenvalue weighted by Crippen LogP contribution is -2.33. The Morgan fingerprint density at radius 3 is 2.89 bits per heavy atom. The maximum atomic E-state index is 11.5. The second kappa shape index (κ2) is 7.47. The Morgan fingerprint density at radius 1 is 1.58 bits per heavy atom. The van der Waals surface area contributed by atoms with Gasteiger partial charge in [-0.05, 0) is 6.42 Å². The second-order valence-electron chi connectivity index (χ2n) is 4.27. The molecule has 1 atom stereocenters. The van der Waals surface area contributed by atoms with Crippen molar-refractivity contribution >= 4 is 11.9 Å². The predicted octanol–water partition coefficient (Wildman–Crippen LogP) is -0.390. The molecule has 0 bridgehead atoms. The van der Waals surface area contributed by atoms with Crippen LogP contribution in [-0.2, 0) is 11.3 Å². The van der Waals surface area contributed by atoms with Crippen molar-refractivity contribution in [3.05, 3.63) is 11.9 Å². The van der Waals surface area contributed by atoms with E-state index in [2.05, 4.69) is 15.6 Å². The number of carboxylic acids is 1. The lowest BCUT2D eigenvalue weighted by Gasteiger charge is -2.10. The molecule has 0 saturated heterocycles. The van der Waals surface area contributed by atoms with Gasteiger partial charge in [0.15, 0.2) is 5.69 Å². The van der Waals surface area contributed by atoms with E-state index >= 15 is 0 Å². The monoisotopic (exact) mass is 269 g/mol. The number of hydrogen-bond acceptors (Lipinski definition) is 5. The molecule has 0 radical (unpaired) electrons. The first-order valence-electron chi connectivity index (χ1n) is 6.18. The van der Waals surface area contributed by atoms with E-state index in [0.717, 1.165) is 12.8 Å². The third-order valence-corrected chi connectivity index (χ3v) is 2.53. The van der Waals surface area contributed by atoms with Crippen LogP contribution in [-0.4, -0.2) is 44.6 Å². The highest BCUT2D eigenvalue weighted by atomic mass is 16.4. The largest absolute Gasteiger partial charge is 0.476 e. The van der Waals surface area contributed by atoms with Crippen molar-refractivity contribution in [2.24, 2.45) is 5.73 Å². The molecule has 1 heterocycles. The van der Waals surface area contributed by atoms with Crippen molar-refractivity contribution in [1.29, 1.82) is 0 Å². The summed E-state index contributed by atoms with van der Waals surface area (Å²) in [6.07, 6.45) is 3.38. The van der Waals surface area contributed by atoms with Gasteiger partial charge in [0.05, 0.1) is 12.7 Å². The molecule has 8 nitrogen and oxygen atoms in total. The summed E-state index contributed by atoms with van der Waals surface area (Å²) in [6, 6.07) is -0.116. The first kappa shape index (κ1) is 15.1. The molecule has 4 N–H and O–H groups in total. The van der Waals surface area contributed by atoms with E-state index in [1.165, 1.54) is 10.9 Å². The molecular weight excluding hydrogens is 250 g/mol. The van der Waals surface area contributed by atoms with Crippen LogP contribution >= 0.6 is 0 Å². The van der Waals surface area contributed by atoms with Gasteiger partial charge in [-0.25, -0.2) is 9.48 Å². The standard InChI is InChI=1S/C11H19N5O3/c1-2-3-8(12)6-10(17)13-4-5-16-7-9(11(18)19)14-15-16/h7-8H,2-6,12H2,1H3,(H,13,17)(H,18,19). The van der Waals surface area contributed by atoms with Crippen LogP contribution in [0.5, 0.6) is 0 Å². The van der Waals surface area contributed by atoms with Crippen molar-refractivity contribution in [1.82, 2.24) is 20.3 Å². The van der Waals surface area contributed by atoms with Crippen LogP contribution in [0.4, 0.5) is 0 Å². The van der Waals surface area contributed by atoms with Crippen LogP contribution in [0.1, 0.15) is 36.7 Å². The van der Waals surface area contributed by atoms with E-state index in [9.17, 15) is 9.59 Å². The van der Waals surface area contributed by atoms with Gasteiger partial charge in [-0.2, -0.15) is 0 Å². The third-order valence-electron chi connectivity index (χ3n) is 2.53. The van der Waals surface area contributed by atoms with E-state index in [0.29, 0.717) is 19.5 Å². The minimum atomic E-state index is -1.12. The normalized spacial score (nSPS) is 12.1. The summed E-state index contributed by atoms with van der Waals surface area (Å²) in [6.45, 7) is 2.75. The van der Waals surface area contributed by atoms with Gasteiger partial charge in [0, 0.05) is 19.0 Å². The molecule has 0 fully saturated rings. The van der Waals surface area contributed by atoms with E-state index in [1.807, 2.05) is 6.92 Å². The first-order valence-corrected chi connectivity index (χ1v) is 6.18. The van der Waals surface area contributed by atoms with Crippen LogP contribution in [0.3, 0.4) is 0 Å². The Labute approximate surface area is 111 Å². The molecule has 0 aliphatic heterocycles. The highest BCUT2D eigenvalue weighted by molar-refractivity contribution is 5.84. The van der Waals surface area contributed by atoms with Crippen LogP contribution in [0.2, 0.25) is 0 Å². The summed E-state index contributed by atoms with van der Waals surface area (Å²) < 4.78 is 1.37. The molecule has 1 aromatic heterocycles. The number of nitrogens with one attached hydrogen (secondary N) is 1. The molecule has 0 aliphatic carbocycles. The summed E-state index contributed by atoms with van der Waals surface area (Å²) in [7, 11) is 0. The van der Waals surface area contributed by atoms with Crippen molar-refractivity contribution in [3.63, 3.8) is 0 Å². The van der Waals surface area contributed by atoms with Crippen LogP contribution in [0.15, 0.2) is 6.20 Å². The fourth-order valence-electron chi connectivity index (χ4n) is 1.60. The number of aromatic nitrogens is 3. The number of nitrogens with two attached hydrogens (primary N) is 1. The van der Waals surface area contributed by atoms with E-state index in [4.69, 9.17) is 10.8 Å². The molecule has 0 saturated carbocycles. The number of hydrogen-bond donors (Lipinski definition) is 3. The Kier molecular flexibility index (Phi) is 5.94. The fourth-order valence-corrected chi connectivity index (χ4v) is 1.60. The Morgan fingerprint density at radius 2 is 2.32 bits per heavy atom. The molecule has 1 amide bonds. The number of rotatable bonds is 8. The van der Waals surface area contributed by atoms with E-state index in [-0.39, 0.29) is 17.6 Å². The van der Waals surface area contributed by atoms with Crippen molar-refractivity contribution < 1.29 is 14.7 Å². The summed E-state index contributed by atoms with van der Waals surface area (Å²) in [5, 5.41) is 18.5. The number of nitrogens with zero attached hydrogens (tertiary/aromatic N) is 3. The summed E-state index contributed by atoms with van der Waals surface area (Å²) >= 11 is 0. The quantitative estimate of drug-likeness (QED) is 0.590. The molecule has 0 aliphatic rings. The van der Waals surface area contributed by atoms with Crippen molar-refractivity contribution in [2.45, 2.75) is 38.8 Å². The maximum Gasteiger partial charge on any atom is 0.358 e. The van der Waals surface area contributed by atoms with Gasteiger partial charge in [0.2, 0.25) is 5.91 Å². The van der Waals surface area contributed by atoms with Crippen LogP contribution in [0.25, 0.3) is 0 Å². The SMILES string of the molecule is CCCC(N)CC(=O)NCCn1cc(C(=O)O)nn1. The number of carboxylic acid groups (broad SMARTS) is 1. The van der Waals surface area contributed by atoms with Gasteiger partial charge >= 0.3 is 5.97 Å².